The Morgan fingerprint density at radius 2 is 2.36 bits per heavy atom. The van der Waals surface area contributed by atoms with Crippen molar-refractivity contribution in [2.45, 2.75) is 19.8 Å². The number of fused-ring (bicyclic) bond motifs is 1. The van der Waals surface area contributed by atoms with E-state index in [0.717, 1.165) is 17.7 Å². The molecule has 0 aliphatic carbocycles. The van der Waals surface area contributed by atoms with Crippen LogP contribution in [-0.4, -0.2) is 23.3 Å². The van der Waals surface area contributed by atoms with E-state index in [1.54, 1.807) is 11.3 Å². The first-order valence-electron chi connectivity index (χ1n) is 4.59. The summed E-state index contributed by atoms with van der Waals surface area (Å²) in [6, 6.07) is 1.81. The molecule has 1 aromatic heterocycles. The molecule has 0 bridgehead atoms. The van der Waals surface area contributed by atoms with Crippen LogP contribution in [0.2, 0.25) is 0 Å². The smallest absolute Gasteiger partial charge is 0.261 e. The first-order chi connectivity index (χ1) is 6.70. The van der Waals surface area contributed by atoms with Crippen LogP contribution >= 0.6 is 11.3 Å². The van der Waals surface area contributed by atoms with Crippen molar-refractivity contribution in [1.82, 2.24) is 4.90 Å². The molecule has 0 saturated carbocycles. The van der Waals surface area contributed by atoms with Crippen molar-refractivity contribution in [3.05, 3.63) is 21.9 Å². The largest absolute Gasteiger partial charge is 0.279 e. The van der Waals surface area contributed by atoms with Crippen LogP contribution in [0, 0.1) is 0 Å². The highest BCUT2D eigenvalue weighted by molar-refractivity contribution is 7.10. The minimum atomic E-state index is -0.158. The van der Waals surface area contributed by atoms with E-state index in [1.807, 2.05) is 11.4 Å². The predicted molar refractivity (Wildman–Crippen MR) is 54.4 cm³/mol. The number of aryl methyl sites for hydroxylation is 1. The maximum absolute atomic E-state index is 11.9. The van der Waals surface area contributed by atoms with Gasteiger partial charge in [-0.25, -0.2) is 0 Å². The summed E-state index contributed by atoms with van der Waals surface area (Å²) < 4.78 is 0. The second-order valence-corrected chi connectivity index (χ2v) is 4.34. The Morgan fingerprint density at radius 1 is 1.57 bits per heavy atom. The predicted octanol–water partition coefficient (Wildman–Crippen LogP) is 1.68. The van der Waals surface area contributed by atoms with Crippen molar-refractivity contribution in [3.8, 4) is 0 Å². The summed E-state index contributed by atoms with van der Waals surface area (Å²) in [5.74, 6) is -0.291. The normalized spacial score (nSPS) is 16.4. The van der Waals surface area contributed by atoms with Crippen molar-refractivity contribution in [1.29, 1.82) is 0 Å². The molecule has 1 aromatic rings. The molecule has 0 spiro atoms. The van der Waals surface area contributed by atoms with Gasteiger partial charge in [0, 0.05) is 18.3 Å². The highest BCUT2D eigenvalue weighted by Gasteiger charge is 2.25. The lowest BCUT2D eigenvalue weighted by Gasteiger charge is -2.15. The number of imide groups is 1. The maximum Gasteiger partial charge on any atom is 0.261 e. The van der Waals surface area contributed by atoms with Gasteiger partial charge < -0.3 is 0 Å². The van der Waals surface area contributed by atoms with E-state index < -0.39 is 0 Å². The SMILES string of the molecule is CC(=O)N1CCCc2sccc2C1=O. The molecular weight excluding hydrogens is 198 g/mol. The zero-order valence-electron chi connectivity index (χ0n) is 7.95. The molecule has 0 saturated heterocycles. The van der Waals surface area contributed by atoms with Crippen LogP contribution in [0.4, 0.5) is 0 Å². The van der Waals surface area contributed by atoms with Gasteiger partial charge in [-0.3, -0.25) is 14.5 Å². The molecule has 0 unspecified atom stereocenters. The van der Waals surface area contributed by atoms with Gasteiger partial charge >= 0.3 is 0 Å². The first-order valence-corrected chi connectivity index (χ1v) is 5.47. The van der Waals surface area contributed by atoms with Gasteiger partial charge in [-0.2, -0.15) is 0 Å². The summed E-state index contributed by atoms with van der Waals surface area (Å²) in [4.78, 5) is 25.5. The van der Waals surface area contributed by atoms with E-state index >= 15 is 0 Å². The Hall–Kier alpha value is -1.16. The topological polar surface area (TPSA) is 37.4 Å². The Labute approximate surface area is 86.3 Å². The maximum atomic E-state index is 11.9. The monoisotopic (exact) mass is 209 g/mol. The Morgan fingerprint density at radius 3 is 3.07 bits per heavy atom. The number of thiophene rings is 1. The zero-order chi connectivity index (χ0) is 10.1. The average Bonchev–Trinajstić information content (AvgIpc) is 2.53. The third-order valence-corrected chi connectivity index (χ3v) is 3.37. The first kappa shape index (κ1) is 9.40. The van der Waals surface area contributed by atoms with Crippen molar-refractivity contribution in [3.63, 3.8) is 0 Å². The highest BCUT2D eigenvalue weighted by atomic mass is 32.1. The molecule has 0 aromatic carbocycles. The second kappa shape index (κ2) is 3.53. The Balaban J connectivity index is 2.38. The molecule has 2 heterocycles. The minimum Gasteiger partial charge on any atom is -0.279 e. The summed E-state index contributed by atoms with van der Waals surface area (Å²) in [6.07, 6.45) is 1.78. The minimum absolute atomic E-state index is 0.133. The third-order valence-electron chi connectivity index (χ3n) is 2.39. The van der Waals surface area contributed by atoms with Gasteiger partial charge in [-0.15, -0.1) is 11.3 Å². The molecular formula is C10H11NO2S. The van der Waals surface area contributed by atoms with Gasteiger partial charge in [0.15, 0.2) is 0 Å². The molecule has 14 heavy (non-hydrogen) atoms. The molecule has 1 aliphatic heterocycles. The fourth-order valence-corrected chi connectivity index (χ4v) is 2.58. The van der Waals surface area contributed by atoms with E-state index in [2.05, 4.69) is 0 Å². The second-order valence-electron chi connectivity index (χ2n) is 3.34. The van der Waals surface area contributed by atoms with Crippen LogP contribution in [0.1, 0.15) is 28.6 Å². The average molecular weight is 209 g/mol. The molecule has 2 rings (SSSR count). The number of rotatable bonds is 0. The molecule has 4 heteroatoms. The van der Waals surface area contributed by atoms with Crippen molar-refractivity contribution < 1.29 is 9.59 Å². The molecule has 2 amide bonds. The Bertz CT molecular complexity index is 383. The molecule has 0 atom stereocenters. The molecule has 3 nitrogen and oxygen atoms in total. The number of carbonyl (C=O) groups is 2. The zero-order valence-corrected chi connectivity index (χ0v) is 8.76. The van der Waals surface area contributed by atoms with Crippen LogP contribution in [0.5, 0.6) is 0 Å². The van der Waals surface area contributed by atoms with Crippen LogP contribution in [0.15, 0.2) is 11.4 Å². The van der Waals surface area contributed by atoms with Crippen molar-refractivity contribution >= 4 is 23.2 Å². The number of nitrogens with zero attached hydrogens (tertiary/aromatic N) is 1. The van der Waals surface area contributed by atoms with Crippen LogP contribution < -0.4 is 0 Å². The highest BCUT2D eigenvalue weighted by Crippen LogP contribution is 2.23. The third kappa shape index (κ3) is 1.46. The number of carbonyl (C=O) groups excluding carboxylic acids is 2. The summed E-state index contributed by atoms with van der Waals surface area (Å²) in [5.41, 5.74) is 0.711. The lowest BCUT2D eigenvalue weighted by Crippen LogP contribution is -2.34. The van der Waals surface area contributed by atoms with E-state index in [9.17, 15) is 9.59 Å². The van der Waals surface area contributed by atoms with Crippen molar-refractivity contribution in [2.75, 3.05) is 6.54 Å². The molecule has 0 N–H and O–H groups in total. The molecule has 1 aliphatic rings. The summed E-state index contributed by atoms with van der Waals surface area (Å²) in [7, 11) is 0. The molecule has 0 radical (unpaired) electrons. The quantitative estimate of drug-likeness (QED) is 0.652. The number of amides is 2. The van der Waals surface area contributed by atoms with E-state index in [4.69, 9.17) is 0 Å². The summed E-state index contributed by atoms with van der Waals surface area (Å²) in [5, 5.41) is 1.91. The molecule has 0 fully saturated rings. The standard InChI is InChI=1S/C10H11NO2S/c1-7(12)11-5-2-3-9-8(10(11)13)4-6-14-9/h4,6H,2-3,5H2,1H3. The van der Waals surface area contributed by atoms with Crippen LogP contribution in [0.3, 0.4) is 0 Å². The van der Waals surface area contributed by atoms with Crippen LogP contribution in [-0.2, 0) is 11.2 Å². The Kier molecular flexibility index (Phi) is 2.37. The van der Waals surface area contributed by atoms with Gasteiger partial charge in [0.1, 0.15) is 0 Å². The van der Waals surface area contributed by atoms with E-state index in [-0.39, 0.29) is 11.8 Å². The fourth-order valence-electron chi connectivity index (χ4n) is 1.67. The lowest BCUT2D eigenvalue weighted by molar-refractivity contribution is -0.126. The van der Waals surface area contributed by atoms with Gasteiger partial charge in [-0.1, -0.05) is 0 Å². The summed E-state index contributed by atoms with van der Waals surface area (Å²) in [6.45, 7) is 1.99. The van der Waals surface area contributed by atoms with Gasteiger partial charge in [0.2, 0.25) is 5.91 Å². The van der Waals surface area contributed by atoms with E-state index in [0.29, 0.717) is 12.1 Å². The van der Waals surface area contributed by atoms with Gasteiger partial charge in [0.25, 0.3) is 5.91 Å². The lowest BCUT2D eigenvalue weighted by atomic mass is 10.2. The fraction of sp³-hybridized carbons (Fsp3) is 0.400. The number of hydrogen-bond donors (Lipinski definition) is 0. The van der Waals surface area contributed by atoms with Crippen molar-refractivity contribution in [2.24, 2.45) is 0 Å². The molecule has 74 valence electrons. The van der Waals surface area contributed by atoms with Gasteiger partial charge in [0.05, 0.1) is 5.56 Å². The summed E-state index contributed by atoms with van der Waals surface area (Å²) >= 11 is 1.60. The van der Waals surface area contributed by atoms with Gasteiger partial charge in [-0.05, 0) is 24.3 Å². The van der Waals surface area contributed by atoms with E-state index in [1.165, 1.54) is 11.8 Å². The number of hydrogen-bond acceptors (Lipinski definition) is 3. The van der Waals surface area contributed by atoms with Crippen LogP contribution in [0.25, 0.3) is 0 Å².